The van der Waals surface area contributed by atoms with Gasteiger partial charge in [0.2, 0.25) is 0 Å². The predicted molar refractivity (Wildman–Crippen MR) is 72.0 cm³/mol. The summed E-state index contributed by atoms with van der Waals surface area (Å²) in [5, 5.41) is 9.14. The Hall–Kier alpha value is -0.910. The average Bonchev–Trinajstić information content (AvgIpc) is 2.34. The van der Waals surface area contributed by atoms with E-state index in [-0.39, 0.29) is 6.61 Å². The number of unbranched alkanes of at least 4 members (excludes halogenated alkanes) is 2. The molecule has 18 heavy (non-hydrogen) atoms. The Morgan fingerprint density at radius 3 is 2.78 bits per heavy atom. The van der Waals surface area contributed by atoms with Crippen LogP contribution >= 0.6 is 11.6 Å². The highest BCUT2D eigenvalue weighted by atomic mass is 35.5. The smallest absolute Gasteiger partial charge is 0.158 e. The topological polar surface area (TPSA) is 58.5 Å². The van der Waals surface area contributed by atoms with E-state index in [0.717, 1.165) is 31.6 Å². The summed E-state index contributed by atoms with van der Waals surface area (Å²) in [6, 6.07) is 1.74. The van der Waals surface area contributed by atoms with Crippen LogP contribution < -0.4 is 4.90 Å². The minimum Gasteiger partial charge on any atom is -0.396 e. The minimum absolute atomic E-state index is 0.251. The number of hydrogen-bond donors (Lipinski definition) is 1. The van der Waals surface area contributed by atoms with Gasteiger partial charge in [-0.05, 0) is 19.3 Å². The lowest BCUT2D eigenvalue weighted by atomic mass is 10.2. The summed E-state index contributed by atoms with van der Waals surface area (Å²) >= 11 is 5.95. The van der Waals surface area contributed by atoms with Gasteiger partial charge in [-0.25, -0.2) is 9.97 Å². The number of halogens is 1. The third-order valence-electron chi connectivity index (χ3n) is 2.54. The molecule has 0 aliphatic heterocycles. The third kappa shape index (κ3) is 5.16. The van der Waals surface area contributed by atoms with Crippen LogP contribution in [-0.4, -0.2) is 42.4 Å². The van der Waals surface area contributed by atoms with Crippen LogP contribution in [-0.2, 0) is 11.3 Å². The number of hydrogen-bond acceptors (Lipinski definition) is 5. The highest BCUT2D eigenvalue weighted by molar-refractivity contribution is 6.29. The molecule has 0 saturated heterocycles. The summed E-state index contributed by atoms with van der Waals surface area (Å²) in [4.78, 5) is 10.5. The number of aromatic nitrogens is 2. The molecule has 1 rings (SSSR count). The number of aliphatic hydroxyl groups is 1. The molecule has 0 aliphatic rings. The summed E-state index contributed by atoms with van der Waals surface area (Å²) in [7, 11) is 3.57. The molecule has 1 heterocycles. The number of methoxy groups -OCH3 is 1. The lowest BCUT2D eigenvalue weighted by molar-refractivity contribution is 0.178. The number of ether oxygens (including phenoxy) is 1. The highest BCUT2D eigenvalue weighted by Crippen LogP contribution is 2.16. The maximum atomic E-state index is 8.71. The predicted octanol–water partition coefficient (Wildman–Crippen LogP) is 1.88. The maximum Gasteiger partial charge on any atom is 0.158 e. The highest BCUT2D eigenvalue weighted by Gasteiger charge is 2.07. The minimum atomic E-state index is 0.251. The Kier molecular flexibility index (Phi) is 6.93. The summed E-state index contributed by atoms with van der Waals surface area (Å²) in [6.07, 6.45) is 2.86. The summed E-state index contributed by atoms with van der Waals surface area (Å²) in [6.45, 7) is 1.48. The van der Waals surface area contributed by atoms with Gasteiger partial charge in [0.1, 0.15) is 17.6 Å². The van der Waals surface area contributed by atoms with Gasteiger partial charge in [0.15, 0.2) is 5.82 Å². The van der Waals surface area contributed by atoms with E-state index < -0.39 is 0 Å². The van der Waals surface area contributed by atoms with Crippen molar-refractivity contribution in [2.75, 3.05) is 32.2 Å². The van der Waals surface area contributed by atoms with E-state index in [1.54, 1.807) is 13.2 Å². The van der Waals surface area contributed by atoms with Gasteiger partial charge in [0, 0.05) is 33.4 Å². The number of anilines is 1. The van der Waals surface area contributed by atoms with Crippen LogP contribution in [0.1, 0.15) is 25.1 Å². The second-order valence-corrected chi connectivity index (χ2v) is 4.49. The van der Waals surface area contributed by atoms with E-state index in [1.807, 2.05) is 11.9 Å². The van der Waals surface area contributed by atoms with Gasteiger partial charge in [0.25, 0.3) is 0 Å². The molecule has 5 nitrogen and oxygen atoms in total. The lowest BCUT2D eigenvalue weighted by Gasteiger charge is -2.18. The van der Waals surface area contributed by atoms with Crippen LogP contribution in [0.15, 0.2) is 6.07 Å². The quantitative estimate of drug-likeness (QED) is 0.579. The number of nitrogens with zero attached hydrogens (tertiary/aromatic N) is 3. The fourth-order valence-corrected chi connectivity index (χ4v) is 1.79. The Bertz CT molecular complexity index is 363. The molecular formula is C12H20ClN3O2. The zero-order chi connectivity index (χ0) is 13.4. The van der Waals surface area contributed by atoms with Crippen molar-refractivity contribution in [1.82, 2.24) is 9.97 Å². The molecule has 0 aliphatic carbocycles. The van der Waals surface area contributed by atoms with Crippen molar-refractivity contribution in [3.8, 4) is 0 Å². The molecule has 6 heteroatoms. The molecule has 102 valence electrons. The summed E-state index contributed by atoms with van der Waals surface area (Å²) in [5.74, 6) is 1.38. The molecule has 0 radical (unpaired) electrons. The molecule has 0 spiro atoms. The lowest BCUT2D eigenvalue weighted by Crippen LogP contribution is -2.20. The van der Waals surface area contributed by atoms with Gasteiger partial charge < -0.3 is 14.7 Å². The van der Waals surface area contributed by atoms with Crippen molar-refractivity contribution >= 4 is 17.4 Å². The molecule has 0 aromatic carbocycles. The number of rotatable bonds is 8. The zero-order valence-corrected chi connectivity index (χ0v) is 11.7. The van der Waals surface area contributed by atoms with E-state index in [1.165, 1.54) is 0 Å². The van der Waals surface area contributed by atoms with Crippen LogP contribution in [0, 0.1) is 0 Å². The maximum absolute atomic E-state index is 8.71. The monoisotopic (exact) mass is 273 g/mol. The van der Waals surface area contributed by atoms with Gasteiger partial charge in [0.05, 0.1) is 0 Å². The molecule has 0 saturated carbocycles. The summed E-state index contributed by atoms with van der Waals surface area (Å²) < 4.78 is 5.00. The van der Waals surface area contributed by atoms with Crippen LogP contribution in [0.5, 0.6) is 0 Å². The standard InChI is InChI=1S/C12H20ClN3O2/c1-16(6-4-3-5-7-17)12-8-10(13)14-11(15-12)9-18-2/h8,17H,3-7,9H2,1-2H3. The SMILES string of the molecule is COCc1nc(Cl)cc(N(C)CCCCCO)n1. The van der Waals surface area contributed by atoms with Gasteiger partial charge >= 0.3 is 0 Å². The van der Waals surface area contributed by atoms with Crippen LogP contribution in [0.3, 0.4) is 0 Å². The molecule has 0 unspecified atom stereocenters. The van der Waals surface area contributed by atoms with Crippen LogP contribution in [0.2, 0.25) is 5.15 Å². The van der Waals surface area contributed by atoms with Crippen molar-refractivity contribution in [3.63, 3.8) is 0 Å². The molecule has 0 fully saturated rings. The third-order valence-corrected chi connectivity index (χ3v) is 2.74. The fourth-order valence-electron chi connectivity index (χ4n) is 1.59. The van der Waals surface area contributed by atoms with Gasteiger partial charge in [-0.2, -0.15) is 0 Å². The first-order chi connectivity index (χ1) is 8.67. The van der Waals surface area contributed by atoms with E-state index in [9.17, 15) is 0 Å². The first-order valence-electron chi connectivity index (χ1n) is 6.01. The van der Waals surface area contributed by atoms with Crippen molar-refractivity contribution in [2.45, 2.75) is 25.9 Å². The van der Waals surface area contributed by atoms with E-state index in [4.69, 9.17) is 21.4 Å². The Balaban J connectivity index is 2.58. The summed E-state index contributed by atoms with van der Waals surface area (Å²) in [5.41, 5.74) is 0. The second-order valence-electron chi connectivity index (χ2n) is 4.10. The van der Waals surface area contributed by atoms with Gasteiger partial charge in [-0.1, -0.05) is 11.6 Å². The Labute approximate surface area is 113 Å². The van der Waals surface area contributed by atoms with Crippen molar-refractivity contribution in [2.24, 2.45) is 0 Å². The molecule has 1 aromatic heterocycles. The van der Waals surface area contributed by atoms with E-state index in [2.05, 4.69) is 9.97 Å². The van der Waals surface area contributed by atoms with E-state index in [0.29, 0.717) is 17.6 Å². The second kappa shape index (κ2) is 8.24. The Morgan fingerprint density at radius 2 is 2.11 bits per heavy atom. The van der Waals surface area contributed by atoms with Crippen LogP contribution in [0.4, 0.5) is 5.82 Å². The van der Waals surface area contributed by atoms with Gasteiger partial charge in [-0.15, -0.1) is 0 Å². The largest absolute Gasteiger partial charge is 0.396 e. The van der Waals surface area contributed by atoms with Crippen molar-refractivity contribution < 1.29 is 9.84 Å². The fraction of sp³-hybridized carbons (Fsp3) is 0.667. The molecule has 1 aromatic rings. The Morgan fingerprint density at radius 1 is 1.33 bits per heavy atom. The van der Waals surface area contributed by atoms with Crippen LogP contribution in [0.25, 0.3) is 0 Å². The zero-order valence-electron chi connectivity index (χ0n) is 10.9. The average molecular weight is 274 g/mol. The molecule has 0 atom stereocenters. The van der Waals surface area contributed by atoms with Crippen molar-refractivity contribution in [1.29, 1.82) is 0 Å². The molecule has 0 amide bonds. The van der Waals surface area contributed by atoms with Crippen molar-refractivity contribution in [3.05, 3.63) is 17.0 Å². The van der Waals surface area contributed by atoms with Gasteiger partial charge in [-0.3, -0.25) is 0 Å². The molecular weight excluding hydrogens is 254 g/mol. The molecule has 1 N–H and O–H groups in total. The molecule has 0 bridgehead atoms. The first-order valence-corrected chi connectivity index (χ1v) is 6.39. The normalized spacial score (nSPS) is 10.7. The first kappa shape index (κ1) is 15.1. The van der Waals surface area contributed by atoms with E-state index >= 15 is 0 Å². The number of aliphatic hydroxyl groups excluding tert-OH is 1.